The zero-order chi connectivity index (χ0) is 47.6. The molecule has 2 unspecified atom stereocenters. The molecule has 0 saturated heterocycles. The van der Waals surface area contributed by atoms with E-state index in [1.165, 1.54) is 86.9 Å². The van der Waals surface area contributed by atoms with Crippen molar-refractivity contribution in [3.05, 3.63) is 290 Å². The predicted octanol–water partition coefficient (Wildman–Crippen LogP) is 13.9. The molecule has 3 heterocycles. The lowest BCUT2D eigenvalue weighted by Crippen LogP contribution is -2.74. The lowest BCUT2D eigenvalue weighted by atomic mass is 9.86. The van der Waals surface area contributed by atoms with Gasteiger partial charge in [-0.3, -0.25) is 9.13 Å². The molecule has 0 saturated carbocycles. The highest BCUT2D eigenvalue weighted by molar-refractivity contribution is 7.19. The van der Waals surface area contributed by atoms with Crippen LogP contribution in [0.4, 0.5) is 0 Å². The van der Waals surface area contributed by atoms with Crippen LogP contribution in [0.3, 0.4) is 0 Å². The molecule has 10 aromatic carbocycles. The van der Waals surface area contributed by atoms with Crippen molar-refractivity contribution in [1.82, 2.24) is 9.13 Å². The van der Waals surface area contributed by atoms with Crippen LogP contribution in [-0.2, 0) is 0 Å². The first kappa shape index (κ1) is 42.0. The Hall–Kier alpha value is -8.96. The maximum absolute atomic E-state index is 6.74. The summed E-state index contributed by atoms with van der Waals surface area (Å²) in [7, 11) is -2.70. The van der Waals surface area contributed by atoms with Crippen LogP contribution in [0.1, 0.15) is 17.0 Å². The summed E-state index contributed by atoms with van der Waals surface area (Å²) < 4.78 is 11.7. The first-order valence-corrected chi connectivity index (χ1v) is 27.0. The van der Waals surface area contributed by atoms with Crippen molar-refractivity contribution in [3.63, 3.8) is 0 Å². The van der Waals surface area contributed by atoms with Crippen LogP contribution < -0.4 is 25.5 Å². The van der Waals surface area contributed by atoms with Gasteiger partial charge in [0.2, 0.25) is 0 Å². The molecule has 14 rings (SSSR count). The van der Waals surface area contributed by atoms with E-state index in [0.717, 1.165) is 22.8 Å². The van der Waals surface area contributed by atoms with E-state index in [0.29, 0.717) is 0 Å². The van der Waals surface area contributed by atoms with Gasteiger partial charge < -0.3 is 4.74 Å². The van der Waals surface area contributed by atoms with Crippen molar-refractivity contribution in [3.8, 4) is 39.4 Å². The minimum Gasteiger partial charge on any atom is -0.485 e. The Balaban J connectivity index is 0.875. The number of ether oxygens (including phenoxy) is 1. The third-order valence-electron chi connectivity index (χ3n) is 15.2. The van der Waals surface area contributed by atoms with Gasteiger partial charge in [-0.15, -0.1) is 0 Å². The van der Waals surface area contributed by atoms with Gasteiger partial charge in [0, 0.05) is 39.0 Å². The fourth-order valence-corrected chi connectivity index (χ4v) is 16.8. The Bertz CT molecular complexity index is 3960. The fraction of sp³-hybridized carbons (Fsp3) is 0.0294. The summed E-state index contributed by atoms with van der Waals surface area (Å²) in [6.07, 6.45) is 6.86. The second-order valence-corrected chi connectivity index (χ2v) is 23.0. The van der Waals surface area contributed by atoms with Gasteiger partial charge in [-0.2, -0.15) is 0 Å². The van der Waals surface area contributed by atoms with Crippen LogP contribution in [0.15, 0.2) is 279 Å². The van der Waals surface area contributed by atoms with Gasteiger partial charge in [-0.05, 0) is 115 Å². The van der Waals surface area contributed by atoms with Crippen molar-refractivity contribution in [1.29, 1.82) is 0 Å². The van der Waals surface area contributed by atoms with E-state index in [1.807, 2.05) is 0 Å². The number of hydrogen-bond acceptors (Lipinski definition) is 1. The summed E-state index contributed by atoms with van der Waals surface area (Å²) in [6.45, 7) is 0. The summed E-state index contributed by atoms with van der Waals surface area (Å²) >= 11 is 0. The number of aromatic nitrogens is 2. The molecule has 0 bridgehead atoms. The number of benzene rings is 10. The number of para-hydroxylation sites is 2. The zero-order valence-corrected chi connectivity index (χ0v) is 40.5. The molecule has 0 spiro atoms. The third-order valence-corrected chi connectivity index (χ3v) is 20.0. The van der Waals surface area contributed by atoms with Gasteiger partial charge in [0.25, 0.3) is 0 Å². The van der Waals surface area contributed by atoms with E-state index >= 15 is 0 Å². The number of hydrogen-bond donors (Lipinski definition) is 0. The minimum atomic E-state index is -2.70. The summed E-state index contributed by atoms with van der Waals surface area (Å²) in [5.41, 5.74) is 14.1. The molecule has 2 aromatic heterocycles. The number of allylic oxidation sites excluding steroid dienone is 2. The normalized spacial score (nSPS) is 15.1. The number of rotatable bonds is 9. The van der Waals surface area contributed by atoms with E-state index in [1.54, 1.807) is 0 Å². The summed E-state index contributed by atoms with van der Waals surface area (Å²) in [6, 6.07) is 96.1. The summed E-state index contributed by atoms with van der Waals surface area (Å²) in [5, 5.41) is 9.18. The highest BCUT2D eigenvalue weighted by Crippen LogP contribution is 2.47. The van der Waals surface area contributed by atoms with Crippen LogP contribution in [0, 0.1) is 0 Å². The highest BCUT2D eigenvalue weighted by Gasteiger charge is 2.41. The molecular formula is C68H48N2OSi. The van der Waals surface area contributed by atoms with Crippen molar-refractivity contribution in [2.75, 3.05) is 0 Å². The molecule has 72 heavy (non-hydrogen) atoms. The quantitative estimate of drug-likeness (QED) is 0.104. The molecule has 12 aromatic rings. The van der Waals surface area contributed by atoms with Crippen LogP contribution in [0.2, 0.25) is 0 Å². The van der Waals surface area contributed by atoms with Gasteiger partial charge in [0.15, 0.2) is 8.07 Å². The third kappa shape index (κ3) is 6.71. The average Bonchev–Trinajstić information content (AvgIpc) is 4.11. The molecule has 3 nitrogen and oxygen atoms in total. The fourth-order valence-electron chi connectivity index (χ4n) is 12.0. The second-order valence-electron chi connectivity index (χ2n) is 19.1. The molecule has 4 heteroatoms. The smallest absolute Gasteiger partial charge is 0.179 e. The van der Waals surface area contributed by atoms with Crippen molar-refractivity contribution in [2.24, 2.45) is 0 Å². The van der Waals surface area contributed by atoms with Gasteiger partial charge >= 0.3 is 0 Å². The second kappa shape index (κ2) is 17.2. The predicted molar refractivity (Wildman–Crippen MR) is 303 cm³/mol. The average molecular weight is 937 g/mol. The summed E-state index contributed by atoms with van der Waals surface area (Å²) in [5.74, 6) is 0.986. The maximum Gasteiger partial charge on any atom is 0.179 e. The van der Waals surface area contributed by atoms with Crippen molar-refractivity contribution in [2.45, 2.75) is 12.0 Å². The molecule has 0 N–H and O–H groups in total. The van der Waals surface area contributed by atoms with E-state index in [2.05, 4.69) is 288 Å². The topological polar surface area (TPSA) is 19.1 Å². The Morgan fingerprint density at radius 3 is 1.62 bits per heavy atom. The largest absolute Gasteiger partial charge is 0.485 e. The van der Waals surface area contributed by atoms with Gasteiger partial charge in [0.05, 0.1) is 11.0 Å². The van der Waals surface area contributed by atoms with E-state index in [-0.39, 0.29) is 12.0 Å². The Kier molecular flexibility index (Phi) is 10.0. The zero-order valence-electron chi connectivity index (χ0n) is 39.5. The monoisotopic (exact) mass is 936 g/mol. The minimum absolute atomic E-state index is 0.0481. The molecule has 0 fully saturated rings. The molecule has 0 amide bonds. The van der Waals surface area contributed by atoms with Crippen LogP contribution >= 0.6 is 0 Å². The standard InChI is InChI=1S/C68H48N2OSi/c1-6-20-47(21-7-1)51-36-39-64-62(45-51)67-59-34-16-17-35-63(59)70(68(67)69(64)53-25-8-2-9-26-53)54-38-41-66-61(46-54)60-44-52(37-40-65(60)71-66)49-23-18-22-48(42-49)50-24-19-33-58(43-50)72(55-27-10-3-11-28-55,56-29-12-4-13-30-56)57-31-14-5-15-32-57/h1-46,60,65H. The van der Waals surface area contributed by atoms with E-state index in [4.69, 9.17) is 4.74 Å². The van der Waals surface area contributed by atoms with E-state index < -0.39 is 8.07 Å². The van der Waals surface area contributed by atoms with Crippen LogP contribution in [0.25, 0.3) is 72.0 Å². The van der Waals surface area contributed by atoms with E-state index in [9.17, 15) is 0 Å². The molecule has 1 aliphatic heterocycles. The molecule has 2 atom stereocenters. The van der Waals surface area contributed by atoms with Gasteiger partial charge in [-0.25, -0.2) is 0 Å². The molecular weight excluding hydrogens is 889 g/mol. The first-order chi connectivity index (χ1) is 35.7. The number of fused-ring (bicyclic) bond motifs is 8. The SMILES string of the molecule is C1=CC2Oc3ccc(-n4c5ccccc5c5c6cc(-c7ccccc7)ccc6n(-c6ccccc6)c54)cc3C2C=C1c1cccc(-c2cccc([Si](c3ccccc3)(c3ccccc3)c3ccccc3)c2)c1. The Morgan fingerprint density at radius 2 is 0.917 bits per heavy atom. The maximum atomic E-state index is 6.74. The van der Waals surface area contributed by atoms with Gasteiger partial charge in [0.1, 0.15) is 17.5 Å². The van der Waals surface area contributed by atoms with Crippen LogP contribution in [-0.4, -0.2) is 23.3 Å². The molecule has 2 aliphatic rings. The van der Waals surface area contributed by atoms with Gasteiger partial charge in [-0.1, -0.05) is 218 Å². The Labute approximate surface area is 420 Å². The highest BCUT2D eigenvalue weighted by atomic mass is 28.3. The Morgan fingerprint density at radius 1 is 0.375 bits per heavy atom. The lowest BCUT2D eigenvalue weighted by molar-refractivity contribution is 0.269. The first-order valence-electron chi connectivity index (χ1n) is 25.0. The lowest BCUT2D eigenvalue weighted by Gasteiger charge is -2.34. The van der Waals surface area contributed by atoms with Crippen molar-refractivity contribution < 1.29 is 4.74 Å². The summed E-state index contributed by atoms with van der Waals surface area (Å²) in [4.78, 5) is 0. The number of nitrogens with zero attached hydrogens (tertiary/aromatic N) is 2. The molecule has 340 valence electrons. The van der Waals surface area contributed by atoms with Crippen molar-refractivity contribution >= 4 is 67.2 Å². The molecule has 0 radical (unpaired) electrons. The molecule has 1 aliphatic carbocycles. The van der Waals surface area contributed by atoms with Crippen LogP contribution in [0.5, 0.6) is 5.75 Å².